The summed E-state index contributed by atoms with van der Waals surface area (Å²) < 4.78 is 0. The van der Waals surface area contributed by atoms with Crippen LogP contribution in [0, 0.1) is 5.41 Å². The molecule has 1 amide bonds. The average molecular weight is 263 g/mol. The number of amides is 1. The average Bonchev–Trinajstić information content (AvgIpc) is 2.34. The molecule has 104 valence electrons. The molecule has 0 aromatic heterocycles. The van der Waals surface area contributed by atoms with Gasteiger partial charge in [0.25, 0.3) is 0 Å². The molecular weight excluding hydrogens is 242 g/mol. The van der Waals surface area contributed by atoms with Crippen LogP contribution in [0.3, 0.4) is 0 Å². The van der Waals surface area contributed by atoms with Crippen molar-refractivity contribution in [3.05, 3.63) is 35.9 Å². The molecule has 0 saturated carbocycles. The normalized spacial score (nSPS) is 11.1. The smallest absolute Gasteiger partial charge is 0.303 e. The Bertz CT molecular complexity index is 426. The third-order valence-corrected chi connectivity index (χ3v) is 2.86. The van der Waals surface area contributed by atoms with Gasteiger partial charge in [-0.05, 0) is 17.4 Å². The highest BCUT2D eigenvalue weighted by molar-refractivity contribution is 5.80. The fourth-order valence-corrected chi connectivity index (χ4v) is 1.86. The molecule has 4 heteroatoms. The highest BCUT2D eigenvalue weighted by Crippen LogP contribution is 2.20. The lowest BCUT2D eigenvalue weighted by Crippen LogP contribution is -2.35. The number of carboxylic acids is 1. The zero-order valence-electron chi connectivity index (χ0n) is 11.5. The SMILES string of the molecule is CC(C)(CNC(=O)CCC(=O)O)Cc1ccccc1. The Morgan fingerprint density at radius 3 is 2.37 bits per heavy atom. The van der Waals surface area contributed by atoms with Gasteiger partial charge in [-0.1, -0.05) is 44.2 Å². The summed E-state index contributed by atoms with van der Waals surface area (Å²) in [4.78, 5) is 21.8. The van der Waals surface area contributed by atoms with Crippen LogP contribution >= 0.6 is 0 Å². The Morgan fingerprint density at radius 1 is 1.16 bits per heavy atom. The summed E-state index contributed by atoms with van der Waals surface area (Å²) in [7, 11) is 0. The van der Waals surface area contributed by atoms with Gasteiger partial charge < -0.3 is 10.4 Å². The van der Waals surface area contributed by atoms with E-state index in [1.165, 1.54) is 5.56 Å². The molecule has 1 rings (SSSR count). The second-order valence-corrected chi connectivity index (χ2v) is 5.50. The van der Waals surface area contributed by atoms with E-state index in [4.69, 9.17) is 5.11 Å². The standard InChI is InChI=1S/C15H21NO3/c1-15(2,10-12-6-4-3-5-7-12)11-16-13(17)8-9-14(18)19/h3-7H,8-11H2,1-2H3,(H,16,17)(H,18,19). The zero-order chi connectivity index (χ0) is 14.3. The van der Waals surface area contributed by atoms with Crippen LogP contribution in [0.5, 0.6) is 0 Å². The number of hydrogen-bond donors (Lipinski definition) is 2. The molecule has 0 spiro atoms. The Balaban J connectivity index is 2.38. The van der Waals surface area contributed by atoms with Crippen molar-refractivity contribution in [2.24, 2.45) is 5.41 Å². The Kier molecular flexibility index (Phi) is 5.55. The summed E-state index contributed by atoms with van der Waals surface area (Å²) in [5.74, 6) is -1.15. The van der Waals surface area contributed by atoms with Gasteiger partial charge in [0, 0.05) is 13.0 Å². The van der Waals surface area contributed by atoms with Crippen LogP contribution in [-0.2, 0) is 16.0 Å². The summed E-state index contributed by atoms with van der Waals surface area (Å²) >= 11 is 0. The quantitative estimate of drug-likeness (QED) is 0.792. The van der Waals surface area contributed by atoms with Gasteiger partial charge in [0.1, 0.15) is 0 Å². The molecule has 0 aliphatic rings. The molecule has 0 unspecified atom stereocenters. The van der Waals surface area contributed by atoms with Gasteiger partial charge in [-0.25, -0.2) is 0 Å². The number of nitrogens with one attached hydrogen (secondary N) is 1. The van der Waals surface area contributed by atoms with Gasteiger partial charge in [-0.2, -0.15) is 0 Å². The lowest BCUT2D eigenvalue weighted by atomic mass is 9.85. The second kappa shape index (κ2) is 6.92. The van der Waals surface area contributed by atoms with Gasteiger partial charge in [0.2, 0.25) is 5.91 Å². The number of carboxylic acid groups (broad SMARTS) is 1. The van der Waals surface area contributed by atoms with E-state index in [1.54, 1.807) is 0 Å². The van der Waals surface area contributed by atoms with Gasteiger partial charge in [-0.15, -0.1) is 0 Å². The van der Waals surface area contributed by atoms with Crippen LogP contribution in [0.15, 0.2) is 30.3 Å². The van der Waals surface area contributed by atoms with E-state index in [0.29, 0.717) is 6.54 Å². The first-order chi connectivity index (χ1) is 8.89. The number of carbonyl (C=O) groups is 2. The first-order valence-electron chi connectivity index (χ1n) is 6.41. The van der Waals surface area contributed by atoms with E-state index < -0.39 is 5.97 Å². The summed E-state index contributed by atoms with van der Waals surface area (Å²) in [5, 5.41) is 11.3. The van der Waals surface area contributed by atoms with Gasteiger partial charge in [0.05, 0.1) is 6.42 Å². The number of benzene rings is 1. The fraction of sp³-hybridized carbons (Fsp3) is 0.467. The molecule has 0 aliphatic heterocycles. The molecule has 4 nitrogen and oxygen atoms in total. The van der Waals surface area contributed by atoms with Gasteiger partial charge >= 0.3 is 5.97 Å². The van der Waals surface area contributed by atoms with Crippen LogP contribution in [0.4, 0.5) is 0 Å². The molecule has 0 atom stereocenters. The summed E-state index contributed by atoms with van der Waals surface area (Å²) in [6, 6.07) is 10.1. The highest BCUT2D eigenvalue weighted by Gasteiger charge is 2.19. The second-order valence-electron chi connectivity index (χ2n) is 5.50. The first-order valence-corrected chi connectivity index (χ1v) is 6.41. The molecule has 0 aliphatic carbocycles. The Hall–Kier alpha value is -1.84. The third kappa shape index (κ3) is 6.60. The van der Waals surface area contributed by atoms with Crippen molar-refractivity contribution >= 4 is 11.9 Å². The molecule has 1 aromatic rings. The maximum Gasteiger partial charge on any atom is 0.303 e. The number of rotatable bonds is 7. The van der Waals surface area contributed by atoms with E-state index >= 15 is 0 Å². The van der Waals surface area contributed by atoms with Crippen molar-refractivity contribution in [3.8, 4) is 0 Å². The minimum Gasteiger partial charge on any atom is -0.481 e. The topological polar surface area (TPSA) is 66.4 Å². The lowest BCUT2D eigenvalue weighted by Gasteiger charge is -2.25. The van der Waals surface area contributed by atoms with Crippen LogP contribution in [0.25, 0.3) is 0 Å². The van der Waals surface area contributed by atoms with Gasteiger partial charge in [-0.3, -0.25) is 9.59 Å². The molecule has 0 saturated heterocycles. The van der Waals surface area contributed by atoms with Crippen molar-refractivity contribution in [2.75, 3.05) is 6.54 Å². The first kappa shape index (κ1) is 15.2. The minimum absolute atomic E-state index is 0.0384. The molecule has 2 N–H and O–H groups in total. The number of aliphatic carboxylic acids is 1. The molecule has 0 heterocycles. The predicted molar refractivity (Wildman–Crippen MR) is 73.8 cm³/mol. The molecular formula is C15H21NO3. The number of hydrogen-bond acceptors (Lipinski definition) is 2. The number of carbonyl (C=O) groups excluding carboxylic acids is 1. The monoisotopic (exact) mass is 263 g/mol. The van der Waals surface area contributed by atoms with E-state index in [9.17, 15) is 9.59 Å². The molecule has 1 aromatic carbocycles. The maximum absolute atomic E-state index is 11.5. The summed E-state index contributed by atoms with van der Waals surface area (Å²) in [6.07, 6.45) is 0.786. The van der Waals surface area contributed by atoms with Crippen molar-refractivity contribution in [1.82, 2.24) is 5.32 Å². The van der Waals surface area contributed by atoms with E-state index in [-0.39, 0.29) is 24.2 Å². The van der Waals surface area contributed by atoms with E-state index in [2.05, 4.69) is 31.3 Å². The predicted octanol–water partition coefficient (Wildman–Crippen LogP) is 2.24. The lowest BCUT2D eigenvalue weighted by molar-refractivity contribution is -0.138. The van der Waals surface area contributed by atoms with Gasteiger partial charge in [0.15, 0.2) is 0 Å². The van der Waals surface area contributed by atoms with Crippen LogP contribution in [0.1, 0.15) is 32.3 Å². The van der Waals surface area contributed by atoms with E-state index in [0.717, 1.165) is 6.42 Å². The third-order valence-electron chi connectivity index (χ3n) is 2.86. The van der Waals surface area contributed by atoms with Crippen LogP contribution in [0.2, 0.25) is 0 Å². The van der Waals surface area contributed by atoms with Crippen molar-refractivity contribution < 1.29 is 14.7 Å². The molecule has 0 fully saturated rings. The van der Waals surface area contributed by atoms with Crippen molar-refractivity contribution in [1.29, 1.82) is 0 Å². The zero-order valence-corrected chi connectivity index (χ0v) is 11.5. The minimum atomic E-state index is -0.946. The molecule has 0 radical (unpaired) electrons. The van der Waals surface area contributed by atoms with Crippen molar-refractivity contribution in [3.63, 3.8) is 0 Å². The highest BCUT2D eigenvalue weighted by atomic mass is 16.4. The Labute approximate surface area is 113 Å². The van der Waals surface area contributed by atoms with Crippen LogP contribution in [-0.4, -0.2) is 23.5 Å². The summed E-state index contributed by atoms with van der Waals surface area (Å²) in [6.45, 7) is 4.70. The fourth-order valence-electron chi connectivity index (χ4n) is 1.86. The van der Waals surface area contributed by atoms with Crippen molar-refractivity contribution in [2.45, 2.75) is 33.1 Å². The largest absolute Gasteiger partial charge is 0.481 e. The summed E-state index contributed by atoms with van der Waals surface area (Å²) in [5.41, 5.74) is 1.17. The Morgan fingerprint density at radius 2 is 1.79 bits per heavy atom. The molecule has 0 bridgehead atoms. The van der Waals surface area contributed by atoms with E-state index in [1.807, 2.05) is 18.2 Å². The van der Waals surface area contributed by atoms with Crippen LogP contribution < -0.4 is 5.32 Å². The maximum atomic E-state index is 11.5. The molecule has 19 heavy (non-hydrogen) atoms.